The molecule has 0 aliphatic heterocycles. The van der Waals surface area contributed by atoms with Crippen LogP contribution < -0.4 is 5.32 Å². The zero-order valence-corrected chi connectivity index (χ0v) is 12.7. The fourth-order valence-electron chi connectivity index (χ4n) is 2.58. The van der Waals surface area contributed by atoms with Gasteiger partial charge in [0.2, 0.25) is 0 Å². The highest BCUT2D eigenvalue weighted by molar-refractivity contribution is 5.93. The molecule has 20 heavy (non-hydrogen) atoms. The molecule has 0 saturated heterocycles. The summed E-state index contributed by atoms with van der Waals surface area (Å²) in [6.07, 6.45) is 1.93. The van der Waals surface area contributed by atoms with Crippen molar-refractivity contribution in [3.05, 3.63) is 41.0 Å². The van der Waals surface area contributed by atoms with E-state index in [1.807, 2.05) is 43.7 Å². The Bertz CT molecular complexity index is 590. The molecule has 5 nitrogen and oxygen atoms in total. The Morgan fingerprint density at radius 1 is 1.35 bits per heavy atom. The minimum absolute atomic E-state index is 0.0591. The van der Waals surface area contributed by atoms with Crippen molar-refractivity contribution >= 4 is 5.91 Å². The van der Waals surface area contributed by atoms with Crippen LogP contribution >= 0.6 is 0 Å². The number of H-pyrrole nitrogens is 1. The molecule has 1 amide bonds. The van der Waals surface area contributed by atoms with Crippen LogP contribution in [0.5, 0.6) is 0 Å². The average molecular weight is 274 g/mol. The molecule has 2 aromatic rings. The second-order valence-electron chi connectivity index (χ2n) is 5.44. The zero-order valence-electron chi connectivity index (χ0n) is 12.7. The summed E-state index contributed by atoms with van der Waals surface area (Å²) in [5.74, 6) is -0.0591. The SMILES string of the molecule is Cc1n[nH]c(C)c1C(C)NC(=O)c1cccn1C(C)C. The van der Waals surface area contributed by atoms with Crippen LogP contribution in [0.4, 0.5) is 0 Å². The van der Waals surface area contributed by atoms with E-state index in [-0.39, 0.29) is 18.0 Å². The second-order valence-corrected chi connectivity index (χ2v) is 5.44. The Kier molecular flexibility index (Phi) is 3.97. The first-order valence-electron chi connectivity index (χ1n) is 6.91. The third-order valence-electron chi connectivity index (χ3n) is 3.53. The van der Waals surface area contributed by atoms with Crippen molar-refractivity contribution in [1.29, 1.82) is 0 Å². The summed E-state index contributed by atoms with van der Waals surface area (Å²) < 4.78 is 1.97. The number of nitrogens with one attached hydrogen (secondary N) is 2. The Morgan fingerprint density at radius 2 is 2.05 bits per heavy atom. The smallest absolute Gasteiger partial charge is 0.268 e. The van der Waals surface area contributed by atoms with Crippen molar-refractivity contribution in [2.75, 3.05) is 0 Å². The van der Waals surface area contributed by atoms with Crippen molar-refractivity contribution in [2.24, 2.45) is 0 Å². The first-order valence-corrected chi connectivity index (χ1v) is 6.91. The third kappa shape index (κ3) is 2.61. The highest BCUT2D eigenvalue weighted by atomic mass is 16.2. The molecule has 0 aromatic carbocycles. The molecule has 2 N–H and O–H groups in total. The maximum atomic E-state index is 12.4. The van der Waals surface area contributed by atoms with Gasteiger partial charge in [-0.15, -0.1) is 0 Å². The molecular weight excluding hydrogens is 252 g/mol. The Balaban J connectivity index is 2.18. The van der Waals surface area contributed by atoms with Gasteiger partial charge in [0.05, 0.1) is 11.7 Å². The van der Waals surface area contributed by atoms with Crippen LogP contribution in [0, 0.1) is 13.8 Å². The van der Waals surface area contributed by atoms with Crippen LogP contribution in [0.25, 0.3) is 0 Å². The van der Waals surface area contributed by atoms with Gasteiger partial charge in [-0.2, -0.15) is 5.10 Å². The predicted molar refractivity (Wildman–Crippen MR) is 78.8 cm³/mol. The van der Waals surface area contributed by atoms with Crippen LogP contribution in [0.3, 0.4) is 0 Å². The number of aromatic amines is 1. The quantitative estimate of drug-likeness (QED) is 0.900. The van der Waals surface area contributed by atoms with E-state index in [0.717, 1.165) is 17.0 Å². The number of aromatic nitrogens is 3. The minimum Gasteiger partial charge on any atom is -0.344 e. The third-order valence-corrected chi connectivity index (χ3v) is 3.53. The second kappa shape index (κ2) is 5.53. The van der Waals surface area contributed by atoms with E-state index in [1.54, 1.807) is 0 Å². The van der Waals surface area contributed by atoms with Crippen LogP contribution in [0.1, 0.15) is 60.3 Å². The lowest BCUT2D eigenvalue weighted by Gasteiger charge is -2.17. The van der Waals surface area contributed by atoms with Gasteiger partial charge in [-0.1, -0.05) is 0 Å². The molecule has 0 bridgehead atoms. The largest absolute Gasteiger partial charge is 0.344 e. The Hall–Kier alpha value is -2.04. The summed E-state index contributed by atoms with van der Waals surface area (Å²) in [5, 5.41) is 10.2. The van der Waals surface area contributed by atoms with Crippen molar-refractivity contribution in [1.82, 2.24) is 20.1 Å². The van der Waals surface area contributed by atoms with E-state index in [9.17, 15) is 4.79 Å². The van der Waals surface area contributed by atoms with Gasteiger partial charge in [-0.05, 0) is 46.8 Å². The molecule has 2 heterocycles. The van der Waals surface area contributed by atoms with Gasteiger partial charge < -0.3 is 9.88 Å². The maximum absolute atomic E-state index is 12.4. The number of rotatable bonds is 4. The number of nitrogens with zero attached hydrogens (tertiary/aromatic N) is 2. The number of carbonyl (C=O) groups is 1. The molecule has 0 saturated carbocycles. The van der Waals surface area contributed by atoms with Gasteiger partial charge >= 0.3 is 0 Å². The van der Waals surface area contributed by atoms with Gasteiger partial charge in [0.25, 0.3) is 5.91 Å². The van der Waals surface area contributed by atoms with Crippen LogP contribution in [0.15, 0.2) is 18.3 Å². The summed E-state index contributed by atoms with van der Waals surface area (Å²) in [4.78, 5) is 12.4. The fraction of sp³-hybridized carbons (Fsp3) is 0.467. The zero-order chi connectivity index (χ0) is 14.9. The fourth-order valence-corrected chi connectivity index (χ4v) is 2.58. The molecule has 0 radical (unpaired) electrons. The average Bonchev–Trinajstić information content (AvgIpc) is 2.96. The molecule has 0 aliphatic rings. The van der Waals surface area contributed by atoms with Crippen LogP contribution in [-0.2, 0) is 0 Å². The molecule has 5 heteroatoms. The summed E-state index contributed by atoms with van der Waals surface area (Å²) in [5.41, 5.74) is 3.66. The topological polar surface area (TPSA) is 62.7 Å². The number of hydrogen-bond donors (Lipinski definition) is 2. The molecular formula is C15H22N4O. The van der Waals surface area contributed by atoms with Crippen molar-refractivity contribution in [3.8, 4) is 0 Å². The van der Waals surface area contributed by atoms with Gasteiger partial charge in [-0.3, -0.25) is 9.89 Å². The highest BCUT2D eigenvalue weighted by Crippen LogP contribution is 2.20. The number of hydrogen-bond acceptors (Lipinski definition) is 2. The van der Waals surface area contributed by atoms with Gasteiger partial charge in [0.15, 0.2) is 0 Å². The molecule has 1 atom stereocenters. The van der Waals surface area contributed by atoms with Crippen LogP contribution in [0.2, 0.25) is 0 Å². The lowest BCUT2D eigenvalue weighted by molar-refractivity contribution is 0.0929. The van der Waals surface area contributed by atoms with Gasteiger partial charge in [0.1, 0.15) is 5.69 Å². The molecule has 2 rings (SSSR count). The Morgan fingerprint density at radius 3 is 2.60 bits per heavy atom. The number of aryl methyl sites for hydroxylation is 2. The summed E-state index contributed by atoms with van der Waals surface area (Å²) >= 11 is 0. The molecule has 0 spiro atoms. The molecule has 0 fully saturated rings. The van der Waals surface area contributed by atoms with E-state index in [2.05, 4.69) is 29.4 Å². The summed E-state index contributed by atoms with van der Waals surface area (Å²) in [7, 11) is 0. The van der Waals surface area contributed by atoms with E-state index in [1.165, 1.54) is 0 Å². The number of carbonyl (C=O) groups excluding carboxylic acids is 1. The standard InChI is InChI=1S/C15H22N4O/c1-9(2)19-8-6-7-13(19)15(20)16-10(3)14-11(4)17-18-12(14)5/h6-10H,1-5H3,(H,16,20)(H,17,18). The van der Waals surface area contributed by atoms with Crippen molar-refractivity contribution < 1.29 is 4.79 Å². The normalized spacial score (nSPS) is 12.7. The first kappa shape index (κ1) is 14.4. The minimum atomic E-state index is -0.0724. The van der Waals surface area contributed by atoms with E-state index in [0.29, 0.717) is 5.69 Å². The Labute approximate surface area is 119 Å². The van der Waals surface area contributed by atoms with E-state index >= 15 is 0 Å². The maximum Gasteiger partial charge on any atom is 0.268 e. The van der Waals surface area contributed by atoms with E-state index in [4.69, 9.17) is 0 Å². The monoisotopic (exact) mass is 274 g/mol. The lowest BCUT2D eigenvalue weighted by Crippen LogP contribution is -2.29. The summed E-state index contributed by atoms with van der Waals surface area (Å²) in [6.45, 7) is 10.0. The summed E-state index contributed by atoms with van der Waals surface area (Å²) in [6, 6.07) is 3.93. The molecule has 2 aromatic heterocycles. The number of amides is 1. The van der Waals surface area contributed by atoms with Crippen LogP contribution in [-0.4, -0.2) is 20.7 Å². The molecule has 1 unspecified atom stereocenters. The van der Waals surface area contributed by atoms with Gasteiger partial charge in [-0.25, -0.2) is 0 Å². The molecule has 0 aliphatic carbocycles. The predicted octanol–water partition coefficient (Wildman–Crippen LogP) is 2.90. The van der Waals surface area contributed by atoms with E-state index < -0.39 is 0 Å². The highest BCUT2D eigenvalue weighted by Gasteiger charge is 2.19. The van der Waals surface area contributed by atoms with Gasteiger partial charge in [0, 0.05) is 23.5 Å². The molecule has 108 valence electrons. The van der Waals surface area contributed by atoms with Crippen molar-refractivity contribution in [3.63, 3.8) is 0 Å². The van der Waals surface area contributed by atoms with Crippen molar-refractivity contribution in [2.45, 2.75) is 46.7 Å². The first-order chi connectivity index (χ1) is 9.41. The lowest BCUT2D eigenvalue weighted by atomic mass is 10.1.